The fourth-order valence-corrected chi connectivity index (χ4v) is 2.62. The van der Waals surface area contributed by atoms with E-state index in [1.165, 1.54) is 12.1 Å². The molecule has 0 spiro atoms. The summed E-state index contributed by atoms with van der Waals surface area (Å²) in [5.74, 6) is 0. The topological polar surface area (TPSA) is 68.1 Å². The van der Waals surface area contributed by atoms with Gasteiger partial charge in [-0.3, -0.25) is 10.1 Å². The number of hydrogen-bond donors (Lipinski definition) is 1. The van der Waals surface area contributed by atoms with Gasteiger partial charge >= 0.3 is 6.18 Å². The standard InChI is InChI=1S/C13H12F3N3O2S/c1-8-6-9(19(20)21)2-3-10(8)17-5-4-12-18-11(7-22-12)13(14,15)16/h2-3,6-7,17H,4-5H2,1H3. The molecule has 2 rings (SSSR count). The van der Waals surface area contributed by atoms with Crippen LogP contribution in [0.15, 0.2) is 23.6 Å². The Bertz CT molecular complexity index is 685. The SMILES string of the molecule is Cc1cc([N+](=O)[O-])ccc1NCCc1nc(C(F)(F)F)cs1. The Kier molecular flexibility index (Phi) is 4.65. The molecule has 5 nitrogen and oxygen atoms in total. The summed E-state index contributed by atoms with van der Waals surface area (Å²) in [4.78, 5) is 13.7. The van der Waals surface area contributed by atoms with E-state index in [0.717, 1.165) is 16.7 Å². The van der Waals surface area contributed by atoms with Crippen LogP contribution in [0.3, 0.4) is 0 Å². The third-order valence-corrected chi connectivity index (χ3v) is 3.83. The van der Waals surface area contributed by atoms with Crippen molar-refractivity contribution in [3.05, 3.63) is 50.0 Å². The second kappa shape index (κ2) is 6.30. The van der Waals surface area contributed by atoms with E-state index in [0.29, 0.717) is 29.2 Å². The molecule has 0 fully saturated rings. The van der Waals surface area contributed by atoms with Gasteiger partial charge in [0.15, 0.2) is 5.69 Å². The van der Waals surface area contributed by atoms with E-state index in [2.05, 4.69) is 10.3 Å². The van der Waals surface area contributed by atoms with Gasteiger partial charge < -0.3 is 5.32 Å². The Morgan fingerprint density at radius 2 is 2.14 bits per heavy atom. The van der Waals surface area contributed by atoms with Crippen LogP contribution in [0.2, 0.25) is 0 Å². The summed E-state index contributed by atoms with van der Waals surface area (Å²) in [7, 11) is 0. The number of hydrogen-bond acceptors (Lipinski definition) is 5. The third-order valence-electron chi connectivity index (χ3n) is 2.92. The molecule has 0 aliphatic rings. The number of alkyl halides is 3. The van der Waals surface area contributed by atoms with E-state index >= 15 is 0 Å². The molecule has 0 amide bonds. The molecule has 0 aliphatic heterocycles. The number of non-ortho nitro benzene ring substituents is 1. The highest BCUT2D eigenvalue weighted by atomic mass is 32.1. The van der Waals surface area contributed by atoms with Crippen molar-refractivity contribution in [1.82, 2.24) is 4.98 Å². The van der Waals surface area contributed by atoms with Crippen molar-refractivity contribution < 1.29 is 18.1 Å². The highest BCUT2D eigenvalue weighted by molar-refractivity contribution is 7.09. The van der Waals surface area contributed by atoms with E-state index < -0.39 is 16.8 Å². The summed E-state index contributed by atoms with van der Waals surface area (Å²) in [5.41, 5.74) is 0.527. The van der Waals surface area contributed by atoms with Crippen molar-refractivity contribution in [2.45, 2.75) is 19.5 Å². The van der Waals surface area contributed by atoms with Gasteiger partial charge in [-0.2, -0.15) is 13.2 Å². The summed E-state index contributed by atoms with van der Waals surface area (Å²) in [6.07, 6.45) is -4.08. The van der Waals surface area contributed by atoms with Crippen LogP contribution in [-0.4, -0.2) is 16.5 Å². The average molecular weight is 331 g/mol. The van der Waals surface area contributed by atoms with Crippen LogP contribution < -0.4 is 5.32 Å². The van der Waals surface area contributed by atoms with Crippen LogP contribution in [0, 0.1) is 17.0 Å². The molecule has 0 saturated carbocycles. The third kappa shape index (κ3) is 3.94. The van der Waals surface area contributed by atoms with Gasteiger partial charge in [-0.25, -0.2) is 4.98 Å². The molecule has 0 bridgehead atoms. The number of anilines is 1. The minimum atomic E-state index is -4.42. The zero-order chi connectivity index (χ0) is 16.3. The van der Waals surface area contributed by atoms with Gasteiger partial charge in [-0.1, -0.05) is 0 Å². The van der Waals surface area contributed by atoms with Gasteiger partial charge in [0.1, 0.15) is 0 Å². The predicted molar refractivity (Wildman–Crippen MR) is 77.1 cm³/mol. The summed E-state index contributed by atoms with van der Waals surface area (Å²) < 4.78 is 37.3. The van der Waals surface area contributed by atoms with Gasteiger partial charge in [0.25, 0.3) is 5.69 Å². The Hall–Kier alpha value is -2.16. The van der Waals surface area contributed by atoms with Crippen molar-refractivity contribution in [1.29, 1.82) is 0 Å². The Morgan fingerprint density at radius 3 is 2.68 bits per heavy atom. The van der Waals surface area contributed by atoms with Crippen LogP contribution in [0.1, 0.15) is 16.3 Å². The summed E-state index contributed by atoms with van der Waals surface area (Å²) >= 11 is 0.962. The molecule has 9 heteroatoms. The second-order valence-electron chi connectivity index (χ2n) is 4.56. The molecule has 1 aromatic carbocycles. The van der Waals surface area contributed by atoms with Crippen LogP contribution in [-0.2, 0) is 12.6 Å². The highest BCUT2D eigenvalue weighted by Gasteiger charge is 2.33. The van der Waals surface area contributed by atoms with Crippen molar-refractivity contribution >= 4 is 22.7 Å². The highest BCUT2D eigenvalue weighted by Crippen LogP contribution is 2.30. The van der Waals surface area contributed by atoms with E-state index in [1.807, 2.05) is 0 Å². The van der Waals surface area contributed by atoms with Crippen molar-refractivity contribution in [2.24, 2.45) is 0 Å². The fourth-order valence-electron chi connectivity index (χ4n) is 1.82. The van der Waals surface area contributed by atoms with Crippen molar-refractivity contribution in [3.8, 4) is 0 Å². The summed E-state index contributed by atoms with van der Waals surface area (Å²) in [5, 5.41) is 15.1. The maximum atomic E-state index is 12.4. The van der Waals surface area contributed by atoms with Crippen LogP contribution in [0.4, 0.5) is 24.5 Å². The molecule has 118 valence electrons. The number of nitrogens with one attached hydrogen (secondary N) is 1. The first-order valence-corrected chi connectivity index (χ1v) is 7.16. The molecule has 0 aliphatic carbocycles. The monoisotopic (exact) mass is 331 g/mol. The molecule has 0 atom stereocenters. The first-order chi connectivity index (χ1) is 10.3. The summed E-state index contributed by atoms with van der Waals surface area (Å²) in [6.45, 7) is 2.12. The molecular formula is C13H12F3N3O2S. The lowest BCUT2D eigenvalue weighted by Crippen LogP contribution is -2.08. The largest absolute Gasteiger partial charge is 0.434 e. The lowest BCUT2D eigenvalue weighted by atomic mass is 10.2. The molecule has 0 radical (unpaired) electrons. The molecular weight excluding hydrogens is 319 g/mol. The molecule has 0 saturated heterocycles. The number of nitrogens with zero attached hydrogens (tertiary/aromatic N) is 2. The Balaban J connectivity index is 1.94. The van der Waals surface area contributed by atoms with Gasteiger partial charge in [0.2, 0.25) is 0 Å². The summed E-state index contributed by atoms with van der Waals surface area (Å²) in [6, 6.07) is 4.39. The molecule has 1 heterocycles. The Morgan fingerprint density at radius 1 is 1.41 bits per heavy atom. The zero-order valence-corrected chi connectivity index (χ0v) is 12.3. The number of halogens is 3. The molecule has 1 N–H and O–H groups in total. The minimum absolute atomic E-state index is 0.00204. The molecule has 22 heavy (non-hydrogen) atoms. The fraction of sp³-hybridized carbons (Fsp3) is 0.308. The maximum absolute atomic E-state index is 12.4. The number of aromatic nitrogens is 1. The molecule has 2 aromatic rings. The van der Waals surface area contributed by atoms with Crippen molar-refractivity contribution in [2.75, 3.05) is 11.9 Å². The van der Waals surface area contributed by atoms with Crippen molar-refractivity contribution in [3.63, 3.8) is 0 Å². The zero-order valence-electron chi connectivity index (χ0n) is 11.5. The number of nitro benzene ring substituents is 1. The van der Waals surface area contributed by atoms with Gasteiger partial charge in [0.05, 0.1) is 9.93 Å². The van der Waals surface area contributed by atoms with Crippen LogP contribution >= 0.6 is 11.3 Å². The Labute approximate surface area is 128 Å². The van der Waals surface area contributed by atoms with Crippen LogP contribution in [0.25, 0.3) is 0 Å². The maximum Gasteiger partial charge on any atom is 0.434 e. The first-order valence-electron chi connectivity index (χ1n) is 6.28. The lowest BCUT2D eigenvalue weighted by Gasteiger charge is -2.08. The number of rotatable bonds is 5. The predicted octanol–water partition coefficient (Wildman–Crippen LogP) is 4.03. The number of benzene rings is 1. The number of thiazole rings is 1. The normalized spacial score (nSPS) is 11.5. The smallest absolute Gasteiger partial charge is 0.384 e. The van der Waals surface area contributed by atoms with Gasteiger partial charge in [-0.15, -0.1) is 11.3 Å². The number of nitro groups is 1. The van der Waals surface area contributed by atoms with E-state index in [1.54, 1.807) is 13.0 Å². The van der Waals surface area contributed by atoms with E-state index in [-0.39, 0.29) is 5.69 Å². The lowest BCUT2D eigenvalue weighted by molar-refractivity contribution is -0.384. The molecule has 0 unspecified atom stereocenters. The average Bonchev–Trinajstić information content (AvgIpc) is 2.89. The van der Waals surface area contributed by atoms with Gasteiger partial charge in [-0.05, 0) is 18.6 Å². The quantitative estimate of drug-likeness (QED) is 0.663. The van der Waals surface area contributed by atoms with E-state index in [9.17, 15) is 23.3 Å². The minimum Gasteiger partial charge on any atom is -0.384 e. The van der Waals surface area contributed by atoms with E-state index in [4.69, 9.17) is 0 Å². The van der Waals surface area contributed by atoms with Crippen LogP contribution in [0.5, 0.6) is 0 Å². The first kappa shape index (κ1) is 16.2. The second-order valence-corrected chi connectivity index (χ2v) is 5.50. The molecule has 1 aromatic heterocycles. The number of aryl methyl sites for hydroxylation is 1. The van der Waals surface area contributed by atoms with Gasteiger partial charge in [0, 0.05) is 36.2 Å².